The van der Waals surface area contributed by atoms with Gasteiger partial charge in [0.1, 0.15) is 47.8 Å². The van der Waals surface area contributed by atoms with Gasteiger partial charge in [-0.3, -0.25) is 9.05 Å². The molecule has 2 saturated heterocycles. The van der Waals surface area contributed by atoms with Crippen LogP contribution in [-0.4, -0.2) is 57.0 Å². The van der Waals surface area contributed by atoms with Crippen LogP contribution in [0.3, 0.4) is 0 Å². The number of rotatable bonds is 25. The first kappa shape index (κ1) is 45.4. The molecule has 0 radical (unpaired) electrons. The van der Waals surface area contributed by atoms with E-state index < -0.39 is 55.5 Å². The van der Waals surface area contributed by atoms with E-state index in [1.54, 1.807) is 48.7 Å². The third-order valence-corrected chi connectivity index (χ3v) is 13.3. The van der Waals surface area contributed by atoms with Crippen LogP contribution in [0.1, 0.15) is 134 Å². The second-order valence-electron chi connectivity index (χ2n) is 16.8. The lowest BCUT2D eigenvalue weighted by atomic mass is 10.0. The summed E-state index contributed by atoms with van der Waals surface area (Å²) in [6, 6.07) is 16.3. The Bertz CT molecular complexity index is 2190. The van der Waals surface area contributed by atoms with Crippen LogP contribution in [0.2, 0.25) is 5.02 Å². The van der Waals surface area contributed by atoms with Gasteiger partial charge >= 0.3 is 7.82 Å². The summed E-state index contributed by atoms with van der Waals surface area (Å²) < 4.78 is 75.4. The molecule has 0 amide bonds. The number of hydrogen-bond donors (Lipinski definition) is 1. The van der Waals surface area contributed by atoms with Crippen LogP contribution >= 0.6 is 19.4 Å². The molecule has 61 heavy (non-hydrogen) atoms. The SMILES string of the molecule is CCCCCCCCCCCCCCC[C@H](COP(=O)(Oc1ccccc1Cl)OC1[C@H]2O[C@@H](c3ccc4c(N)ncnn34)[C@@H]3OC(C)(C)O[C@]123)OCc1cc(F)cc(C#N)c1. The van der Waals surface area contributed by atoms with Gasteiger partial charge in [-0.05, 0) is 68.3 Å². The lowest BCUT2D eigenvalue weighted by Gasteiger charge is -2.26. The fourth-order valence-electron chi connectivity index (χ4n) is 8.57. The maximum absolute atomic E-state index is 14.9. The summed E-state index contributed by atoms with van der Waals surface area (Å²) in [5.74, 6) is -1.15. The molecule has 1 saturated carbocycles. The molecule has 16 heteroatoms. The number of unbranched alkanes of at least 4 members (excludes halogenated alkanes) is 12. The first-order valence-electron chi connectivity index (χ1n) is 21.7. The van der Waals surface area contributed by atoms with E-state index in [0.29, 0.717) is 29.0 Å². The number of aromatic nitrogens is 3. The number of hydrogen-bond acceptors (Lipinski definition) is 12. The summed E-state index contributed by atoms with van der Waals surface area (Å²) in [6.45, 7) is 5.66. The van der Waals surface area contributed by atoms with Gasteiger partial charge in [0.25, 0.3) is 0 Å². The highest BCUT2D eigenvalue weighted by molar-refractivity contribution is 7.49. The Morgan fingerprint density at radius 3 is 2.39 bits per heavy atom. The van der Waals surface area contributed by atoms with Crippen molar-refractivity contribution in [3.05, 3.63) is 88.6 Å². The molecule has 330 valence electrons. The number of nitrogen functional groups attached to an aromatic ring is 1. The van der Waals surface area contributed by atoms with Gasteiger partial charge in [-0.1, -0.05) is 114 Å². The normalized spacial score (nSPS) is 23.9. The summed E-state index contributed by atoms with van der Waals surface area (Å²) in [4.78, 5) is 4.09. The molecule has 2 aromatic heterocycles. The van der Waals surface area contributed by atoms with E-state index in [-0.39, 0.29) is 29.5 Å². The first-order valence-corrected chi connectivity index (χ1v) is 23.6. The highest BCUT2D eigenvalue weighted by Gasteiger charge is 2.85. The lowest BCUT2D eigenvalue weighted by Crippen LogP contribution is -2.33. The number of benzene rings is 2. The van der Waals surface area contributed by atoms with E-state index in [4.69, 9.17) is 49.9 Å². The number of para-hydroxylation sites is 1. The standard InChI is InChI=1S/C45H58ClFN5O8P/c1-4-5-6-7-8-9-10-11-12-13-14-15-16-19-34(54-28-32-24-31(27-48)25-33(47)26-32)29-55-61(53,58-38-21-18-17-20-35(38)46)59-42-41-45(42)40(57-44(2,3)60-45)39(56-41)36-22-23-37-43(49)50-30-51-52(36)37/h17-18,20-26,30,34,39-42H,4-16,19,28-29H2,1-3H3,(H2,49,50,51)/t34-,39+,40+,41-,42?,45+,61?/m1/s1. The Morgan fingerprint density at radius 1 is 0.984 bits per heavy atom. The monoisotopic (exact) mass is 881 g/mol. The molecule has 3 aliphatic rings. The molecule has 2 aromatic carbocycles. The molecule has 7 rings (SSSR count). The van der Waals surface area contributed by atoms with E-state index in [0.717, 1.165) is 25.7 Å². The maximum atomic E-state index is 14.9. The number of ether oxygens (including phenoxy) is 4. The van der Waals surface area contributed by atoms with E-state index in [2.05, 4.69) is 17.0 Å². The van der Waals surface area contributed by atoms with Crippen molar-refractivity contribution in [2.75, 3.05) is 12.3 Å². The molecule has 3 fully saturated rings. The molecule has 4 aromatic rings. The highest BCUT2D eigenvalue weighted by atomic mass is 35.5. The number of nitriles is 1. The van der Waals surface area contributed by atoms with Crippen LogP contribution in [0.5, 0.6) is 5.75 Å². The van der Waals surface area contributed by atoms with Crippen LogP contribution < -0.4 is 10.3 Å². The third kappa shape index (κ3) is 10.9. The molecule has 2 N–H and O–H groups in total. The van der Waals surface area contributed by atoms with Crippen LogP contribution in [0, 0.1) is 17.1 Å². The van der Waals surface area contributed by atoms with Crippen LogP contribution in [0.4, 0.5) is 10.2 Å². The van der Waals surface area contributed by atoms with Gasteiger partial charge in [0.15, 0.2) is 17.2 Å². The molecule has 1 spiro atoms. The summed E-state index contributed by atoms with van der Waals surface area (Å²) in [6.07, 6.45) is 14.1. The number of nitrogens with two attached hydrogens (primary N) is 1. The van der Waals surface area contributed by atoms with Gasteiger partial charge in [-0.25, -0.2) is 18.5 Å². The van der Waals surface area contributed by atoms with E-state index in [9.17, 15) is 14.2 Å². The van der Waals surface area contributed by atoms with Gasteiger partial charge in [-0.2, -0.15) is 10.4 Å². The van der Waals surface area contributed by atoms with Crippen molar-refractivity contribution in [1.82, 2.24) is 14.6 Å². The summed E-state index contributed by atoms with van der Waals surface area (Å²) in [5, 5.41) is 14.0. The zero-order valence-corrected chi connectivity index (χ0v) is 37.0. The van der Waals surface area contributed by atoms with Crippen molar-refractivity contribution >= 4 is 30.8 Å². The van der Waals surface area contributed by atoms with Crippen molar-refractivity contribution in [3.8, 4) is 11.8 Å². The molecule has 4 heterocycles. The predicted octanol–water partition coefficient (Wildman–Crippen LogP) is 11.0. The Balaban J connectivity index is 1.02. The van der Waals surface area contributed by atoms with Crippen molar-refractivity contribution in [2.45, 2.75) is 159 Å². The smallest absolute Gasteiger partial charge is 0.402 e. The van der Waals surface area contributed by atoms with E-state index in [1.807, 2.05) is 18.2 Å². The van der Waals surface area contributed by atoms with Crippen LogP contribution in [0.25, 0.3) is 5.52 Å². The molecule has 2 unspecified atom stereocenters. The summed E-state index contributed by atoms with van der Waals surface area (Å²) in [7, 11) is -4.50. The molecule has 13 nitrogen and oxygen atoms in total. The largest absolute Gasteiger partial charge is 0.530 e. The fraction of sp³-hybridized carbons (Fsp3) is 0.578. The molecule has 7 atom stereocenters. The average molecular weight is 882 g/mol. The number of phosphoric acid groups is 1. The second-order valence-corrected chi connectivity index (χ2v) is 18.7. The molecular weight excluding hydrogens is 824 g/mol. The van der Waals surface area contributed by atoms with Crippen molar-refractivity contribution in [2.24, 2.45) is 0 Å². The van der Waals surface area contributed by atoms with Crippen LogP contribution in [0.15, 0.2) is 60.9 Å². The number of halogens is 2. The number of anilines is 1. The van der Waals surface area contributed by atoms with Crippen LogP contribution in [-0.2, 0) is 39.2 Å². The number of phosphoric ester groups is 1. The lowest BCUT2D eigenvalue weighted by molar-refractivity contribution is -0.176. The predicted molar refractivity (Wildman–Crippen MR) is 228 cm³/mol. The molecular formula is C45H58ClFN5O8P. The maximum Gasteiger partial charge on any atom is 0.530 e. The number of fused-ring (bicyclic) bond motifs is 1. The quantitative estimate of drug-likeness (QED) is 0.0496. The number of nitrogens with zero attached hydrogens (tertiary/aromatic N) is 4. The highest BCUT2D eigenvalue weighted by Crippen LogP contribution is 2.69. The minimum absolute atomic E-state index is 0.00537. The Kier molecular flexibility index (Phi) is 15.1. The molecule has 0 bridgehead atoms. The first-order chi connectivity index (χ1) is 29.4. The second kappa shape index (κ2) is 20.2. The Hall–Kier alpha value is -3.64. The topological polar surface area (TPSA) is 162 Å². The van der Waals surface area contributed by atoms with Gasteiger partial charge in [0, 0.05) is 0 Å². The molecule has 1 aliphatic carbocycles. The van der Waals surface area contributed by atoms with Gasteiger partial charge in [0.2, 0.25) is 0 Å². The van der Waals surface area contributed by atoms with Crippen molar-refractivity contribution < 1.29 is 41.5 Å². The van der Waals surface area contributed by atoms with E-state index >= 15 is 0 Å². The Morgan fingerprint density at radius 2 is 1.69 bits per heavy atom. The fourth-order valence-corrected chi connectivity index (χ4v) is 10.3. The molecule has 2 aliphatic heterocycles. The van der Waals surface area contributed by atoms with E-state index in [1.165, 1.54) is 76.2 Å². The zero-order valence-electron chi connectivity index (χ0n) is 35.3. The zero-order chi connectivity index (χ0) is 43.0. The summed E-state index contributed by atoms with van der Waals surface area (Å²) in [5.41, 5.74) is 6.95. The third-order valence-electron chi connectivity index (χ3n) is 11.6. The minimum Gasteiger partial charge on any atom is -0.402 e. The minimum atomic E-state index is -4.50. The van der Waals surface area contributed by atoms with Gasteiger partial charge < -0.3 is 29.2 Å². The van der Waals surface area contributed by atoms with Gasteiger partial charge in [0.05, 0.1) is 41.7 Å². The average Bonchev–Trinajstić information content (AvgIpc) is 3.54. The van der Waals surface area contributed by atoms with Crippen molar-refractivity contribution in [3.63, 3.8) is 0 Å². The van der Waals surface area contributed by atoms with Gasteiger partial charge in [-0.15, -0.1) is 0 Å². The summed E-state index contributed by atoms with van der Waals surface area (Å²) >= 11 is 6.50. The van der Waals surface area contributed by atoms with Crippen molar-refractivity contribution in [1.29, 1.82) is 5.26 Å². The Labute approximate surface area is 362 Å².